The van der Waals surface area contributed by atoms with Crippen LogP contribution in [0.4, 0.5) is 0 Å². The van der Waals surface area contributed by atoms with Crippen LogP contribution in [0.25, 0.3) is 11.1 Å². The third-order valence-electron chi connectivity index (χ3n) is 7.77. The fourth-order valence-corrected chi connectivity index (χ4v) is 6.24. The molecular weight excluding hydrogens is 358 g/mol. The average Bonchev–Trinajstić information content (AvgIpc) is 3.43. The summed E-state index contributed by atoms with van der Waals surface area (Å²) in [7, 11) is 3.52. The van der Waals surface area contributed by atoms with Gasteiger partial charge in [-0.05, 0) is 104 Å². The molecule has 3 atom stereocenters. The van der Waals surface area contributed by atoms with Gasteiger partial charge in [0.1, 0.15) is 11.5 Å². The van der Waals surface area contributed by atoms with Crippen molar-refractivity contribution in [3.8, 4) is 22.6 Å². The van der Waals surface area contributed by atoms with Crippen LogP contribution in [0, 0.1) is 11.8 Å². The van der Waals surface area contributed by atoms with E-state index in [-0.39, 0.29) is 0 Å². The molecule has 1 heterocycles. The lowest BCUT2D eigenvalue weighted by Gasteiger charge is -2.40. The minimum Gasteiger partial charge on any atom is -0.497 e. The summed E-state index contributed by atoms with van der Waals surface area (Å²) in [6.07, 6.45) is 8.42. The number of fused-ring (bicyclic) bond motifs is 2. The Balaban J connectivity index is 1.33. The molecule has 1 aliphatic heterocycles. The van der Waals surface area contributed by atoms with E-state index in [2.05, 4.69) is 41.3 Å². The molecule has 0 N–H and O–H groups in total. The minimum absolute atomic E-state index is 0.588. The van der Waals surface area contributed by atoms with Crippen molar-refractivity contribution >= 4 is 0 Å². The summed E-state index contributed by atoms with van der Waals surface area (Å²) in [6.45, 7) is 2.48. The zero-order chi connectivity index (χ0) is 19.8. The number of rotatable bonds is 5. The summed E-state index contributed by atoms with van der Waals surface area (Å²) in [5.74, 6) is 4.55. The van der Waals surface area contributed by atoms with Crippen molar-refractivity contribution in [1.29, 1.82) is 0 Å². The predicted octanol–water partition coefficient (Wildman–Crippen LogP) is 5.74. The summed E-state index contributed by atoms with van der Waals surface area (Å²) in [6, 6.07) is 15.9. The highest BCUT2D eigenvalue weighted by atomic mass is 16.5. The van der Waals surface area contributed by atoms with E-state index < -0.39 is 0 Å². The standard InChI is InChI=1S/C26H33NO2/c1-28-23-5-3-4-20(16-23)21-8-9-26(29-2)24(17-21)19-10-12-27(13-11-19)25-15-18-6-7-22(25)14-18/h3-5,8-9,16-19,22,25H,6-7,10-15H2,1-2H3/t18-,22-,25-/m0/s1. The van der Waals surface area contributed by atoms with Gasteiger partial charge in [0, 0.05) is 6.04 Å². The topological polar surface area (TPSA) is 21.7 Å². The van der Waals surface area contributed by atoms with Gasteiger partial charge in [-0.15, -0.1) is 0 Å². The normalized spacial score (nSPS) is 27.3. The molecule has 0 aromatic heterocycles. The minimum atomic E-state index is 0.588. The van der Waals surface area contributed by atoms with Gasteiger partial charge in [-0.1, -0.05) is 24.6 Å². The maximum Gasteiger partial charge on any atom is 0.122 e. The Morgan fingerprint density at radius 3 is 2.34 bits per heavy atom. The SMILES string of the molecule is COc1cccc(-c2ccc(OC)c(C3CCN([C@H]4C[C@H]5CC[C@H]4C5)CC3)c2)c1. The molecule has 2 aliphatic carbocycles. The van der Waals surface area contributed by atoms with E-state index in [1.54, 1.807) is 14.2 Å². The predicted molar refractivity (Wildman–Crippen MR) is 118 cm³/mol. The van der Waals surface area contributed by atoms with Crippen LogP contribution in [-0.2, 0) is 0 Å². The Morgan fingerprint density at radius 2 is 1.66 bits per heavy atom. The number of hydrogen-bond acceptors (Lipinski definition) is 3. The van der Waals surface area contributed by atoms with Gasteiger partial charge in [-0.3, -0.25) is 0 Å². The third kappa shape index (κ3) is 3.66. The first-order valence-electron chi connectivity index (χ1n) is 11.3. The summed E-state index contributed by atoms with van der Waals surface area (Å²) in [5, 5.41) is 0. The molecule has 5 rings (SSSR count). The van der Waals surface area contributed by atoms with E-state index in [9.17, 15) is 0 Å². The Labute approximate surface area is 175 Å². The van der Waals surface area contributed by atoms with E-state index in [1.807, 2.05) is 6.07 Å². The number of likely N-dealkylation sites (tertiary alicyclic amines) is 1. The Kier molecular flexibility index (Phi) is 5.26. The zero-order valence-electron chi connectivity index (χ0n) is 17.8. The highest BCUT2D eigenvalue weighted by Gasteiger charge is 2.43. The number of ether oxygens (including phenoxy) is 2. The van der Waals surface area contributed by atoms with Crippen molar-refractivity contribution in [2.24, 2.45) is 11.8 Å². The zero-order valence-corrected chi connectivity index (χ0v) is 17.8. The monoisotopic (exact) mass is 391 g/mol. The summed E-state index contributed by atoms with van der Waals surface area (Å²) >= 11 is 0. The number of hydrogen-bond donors (Lipinski definition) is 0. The molecule has 1 saturated heterocycles. The molecule has 2 aromatic carbocycles. The summed E-state index contributed by atoms with van der Waals surface area (Å²) in [5.41, 5.74) is 3.82. The number of nitrogens with zero attached hydrogens (tertiary/aromatic N) is 1. The highest BCUT2D eigenvalue weighted by molar-refractivity contribution is 5.67. The molecule has 0 spiro atoms. The second-order valence-electron chi connectivity index (χ2n) is 9.24. The van der Waals surface area contributed by atoms with Crippen LogP contribution >= 0.6 is 0 Å². The molecule has 0 radical (unpaired) electrons. The molecule has 3 aliphatic rings. The first kappa shape index (κ1) is 19.0. The van der Waals surface area contributed by atoms with Crippen LogP contribution in [0.3, 0.4) is 0 Å². The Morgan fingerprint density at radius 1 is 0.828 bits per heavy atom. The van der Waals surface area contributed by atoms with Crippen LogP contribution < -0.4 is 9.47 Å². The van der Waals surface area contributed by atoms with Crippen LogP contribution in [0.5, 0.6) is 11.5 Å². The third-order valence-corrected chi connectivity index (χ3v) is 7.77. The smallest absolute Gasteiger partial charge is 0.122 e. The van der Waals surface area contributed by atoms with Crippen molar-refractivity contribution in [1.82, 2.24) is 4.90 Å². The summed E-state index contributed by atoms with van der Waals surface area (Å²) in [4.78, 5) is 2.82. The second-order valence-corrected chi connectivity index (χ2v) is 9.24. The highest BCUT2D eigenvalue weighted by Crippen LogP contribution is 2.48. The first-order valence-corrected chi connectivity index (χ1v) is 11.3. The molecule has 0 amide bonds. The van der Waals surface area contributed by atoms with Crippen LogP contribution in [0.15, 0.2) is 42.5 Å². The molecule has 2 saturated carbocycles. The average molecular weight is 392 g/mol. The van der Waals surface area contributed by atoms with Gasteiger partial charge in [0.2, 0.25) is 0 Å². The van der Waals surface area contributed by atoms with Crippen molar-refractivity contribution < 1.29 is 9.47 Å². The maximum absolute atomic E-state index is 5.76. The lowest BCUT2D eigenvalue weighted by molar-refractivity contribution is 0.110. The molecule has 29 heavy (non-hydrogen) atoms. The van der Waals surface area contributed by atoms with Gasteiger partial charge in [0.05, 0.1) is 14.2 Å². The van der Waals surface area contributed by atoms with Gasteiger partial charge in [0.15, 0.2) is 0 Å². The fourth-order valence-electron chi connectivity index (χ4n) is 6.24. The van der Waals surface area contributed by atoms with Gasteiger partial charge >= 0.3 is 0 Å². The largest absolute Gasteiger partial charge is 0.497 e. The van der Waals surface area contributed by atoms with Crippen LogP contribution in [-0.4, -0.2) is 38.3 Å². The van der Waals surface area contributed by atoms with Gasteiger partial charge in [-0.2, -0.15) is 0 Å². The number of piperidine rings is 1. The first-order chi connectivity index (χ1) is 14.2. The van der Waals surface area contributed by atoms with E-state index in [4.69, 9.17) is 9.47 Å². The van der Waals surface area contributed by atoms with Gasteiger partial charge in [0.25, 0.3) is 0 Å². The quantitative estimate of drug-likeness (QED) is 0.649. The molecule has 3 heteroatoms. The van der Waals surface area contributed by atoms with Gasteiger partial charge in [-0.25, -0.2) is 0 Å². The molecule has 3 fully saturated rings. The van der Waals surface area contributed by atoms with Crippen LogP contribution in [0.2, 0.25) is 0 Å². The molecule has 0 unspecified atom stereocenters. The van der Waals surface area contributed by atoms with E-state index in [1.165, 1.54) is 68.3 Å². The van der Waals surface area contributed by atoms with Crippen molar-refractivity contribution in [3.63, 3.8) is 0 Å². The molecule has 154 valence electrons. The van der Waals surface area contributed by atoms with Crippen molar-refractivity contribution in [2.45, 2.75) is 50.5 Å². The molecular formula is C26H33NO2. The van der Waals surface area contributed by atoms with Crippen LogP contribution in [0.1, 0.15) is 50.0 Å². The molecule has 2 aromatic rings. The second kappa shape index (κ2) is 8.02. The van der Waals surface area contributed by atoms with Crippen molar-refractivity contribution in [3.05, 3.63) is 48.0 Å². The van der Waals surface area contributed by atoms with E-state index in [0.717, 1.165) is 29.4 Å². The molecule has 2 bridgehead atoms. The van der Waals surface area contributed by atoms with Crippen molar-refractivity contribution in [2.75, 3.05) is 27.3 Å². The lowest BCUT2D eigenvalue weighted by atomic mass is 9.85. The van der Waals surface area contributed by atoms with Gasteiger partial charge < -0.3 is 14.4 Å². The number of benzene rings is 2. The number of methoxy groups -OCH3 is 2. The molecule has 3 nitrogen and oxygen atoms in total. The maximum atomic E-state index is 5.76. The fraction of sp³-hybridized carbons (Fsp3) is 0.538. The Bertz CT molecular complexity index is 856. The van der Waals surface area contributed by atoms with E-state index in [0.29, 0.717) is 5.92 Å². The van der Waals surface area contributed by atoms with E-state index >= 15 is 0 Å². The lowest BCUT2D eigenvalue weighted by Crippen LogP contribution is -2.43. The Hall–Kier alpha value is -2.00. The summed E-state index contributed by atoms with van der Waals surface area (Å²) < 4.78 is 11.2.